The minimum Gasteiger partial charge on any atom is -0.337 e. The quantitative estimate of drug-likeness (QED) is 0.705. The maximum Gasteiger partial charge on any atom is 0.257 e. The number of anilines is 1. The van der Waals surface area contributed by atoms with Gasteiger partial charge in [0.1, 0.15) is 5.82 Å². The zero-order chi connectivity index (χ0) is 20.0. The van der Waals surface area contributed by atoms with Crippen molar-refractivity contribution in [3.8, 4) is 11.3 Å². The second-order valence-corrected chi connectivity index (χ2v) is 7.58. The maximum absolute atomic E-state index is 13.7. The average molecular weight is 390 g/mol. The zero-order valence-corrected chi connectivity index (χ0v) is 15.6. The summed E-state index contributed by atoms with van der Waals surface area (Å²) < 4.78 is 13.7. The summed E-state index contributed by atoms with van der Waals surface area (Å²) >= 11 is 0. The fourth-order valence-corrected chi connectivity index (χ4v) is 4.49. The molecule has 1 atom stereocenters. The lowest BCUT2D eigenvalue weighted by molar-refractivity contribution is -0.122. The van der Waals surface area contributed by atoms with Crippen LogP contribution in [-0.4, -0.2) is 40.0 Å². The van der Waals surface area contributed by atoms with Crippen LogP contribution < -0.4 is 5.32 Å². The number of aromatic nitrogens is 2. The molecule has 1 saturated heterocycles. The molecule has 2 amide bonds. The first-order valence-electron chi connectivity index (χ1n) is 9.58. The van der Waals surface area contributed by atoms with Gasteiger partial charge >= 0.3 is 0 Å². The molecular formula is C22H19FN4O2. The number of hydrogen-bond donors (Lipinski definition) is 2. The fraction of sp³-hybridized carbons (Fsp3) is 0.227. The second-order valence-electron chi connectivity index (χ2n) is 7.58. The topological polar surface area (TPSA) is 78.1 Å². The van der Waals surface area contributed by atoms with Gasteiger partial charge in [0, 0.05) is 24.3 Å². The molecule has 1 aromatic heterocycles. The predicted molar refractivity (Wildman–Crippen MR) is 106 cm³/mol. The molecule has 3 heterocycles. The number of amides is 2. The van der Waals surface area contributed by atoms with Crippen molar-refractivity contribution < 1.29 is 14.0 Å². The van der Waals surface area contributed by atoms with Crippen molar-refractivity contribution in [3.63, 3.8) is 0 Å². The third-order valence-electron chi connectivity index (χ3n) is 5.89. The number of fused-ring (bicyclic) bond motifs is 2. The van der Waals surface area contributed by atoms with Gasteiger partial charge in [0.25, 0.3) is 5.91 Å². The standard InChI is InChI=1S/C22H19FN4O2/c23-15-6-3-5-14(11-15)19-16(12-24-26-19)20(28)27-10-4-9-22(13-27)17-7-1-2-8-18(17)25-21(22)29/h1-3,5-8,11-12H,4,9-10,13H2,(H,24,26)(H,25,29). The largest absolute Gasteiger partial charge is 0.337 e. The molecule has 2 aliphatic heterocycles. The van der Waals surface area contributed by atoms with Gasteiger partial charge in [0.05, 0.1) is 22.9 Å². The molecule has 0 radical (unpaired) electrons. The molecule has 1 spiro atoms. The Balaban J connectivity index is 1.48. The molecule has 1 unspecified atom stereocenters. The molecule has 146 valence electrons. The summed E-state index contributed by atoms with van der Waals surface area (Å²) in [5.74, 6) is -0.658. The van der Waals surface area contributed by atoms with Crippen molar-refractivity contribution in [1.82, 2.24) is 15.1 Å². The van der Waals surface area contributed by atoms with E-state index in [0.717, 1.165) is 17.7 Å². The van der Waals surface area contributed by atoms with E-state index < -0.39 is 5.41 Å². The number of benzene rings is 2. The van der Waals surface area contributed by atoms with Crippen LogP contribution in [-0.2, 0) is 10.2 Å². The van der Waals surface area contributed by atoms with E-state index in [2.05, 4.69) is 15.5 Å². The Kier molecular flexibility index (Phi) is 3.97. The SMILES string of the molecule is O=C(c1cn[nH]c1-c1cccc(F)c1)N1CCCC2(C1)C(=O)Nc1ccccc12. The molecular weight excluding hydrogens is 371 g/mol. The molecule has 0 aliphatic carbocycles. The lowest BCUT2D eigenvalue weighted by Gasteiger charge is -2.39. The highest BCUT2D eigenvalue weighted by molar-refractivity contribution is 6.07. The summed E-state index contributed by atoms with van der Waals surface area (Å²) in [5.41, 5.74) is 2.44. The summed E-state index contributed by atoms with van der Waals surface area (Å²) in [7, 11) is 0. The number of likely N-dealkylation sites (tertiary alicyclic amines) is 1. The first-order valence-corrected chi connectivity index (χ1v) is 9.58. The van der Waals surface area contributed by atoms with Gasteiger partial charge in [-0.2, -0.15) is 5.10 Å². The van der Waals surface area contributed by atoms with Crippen molar-refractivity contribution in [2.24, 2.45) is 0 Å². The molecule has 6 nitrogen and oxygen atoms in total. The van der Waals surface area contributed by atoms with Crippen molar-refractivity contribution in [1.29, 1.82) is 0 Å². The van der Waals surface area contributed by atoms with Crippen molar-refractivity contribution in [2.75, 3.05) is 18.4 Å². The highest BCUT2D eigenvalue weighted by Crippen LogP contribution is 2.44. The molecule has 1 fully saturated rings. The van der Waals surface area contributed by atoms with Gasteiger partial charge in [0.15, 0.2) is 0 Å². The Bertz CT molecular complexity index is 1130. The number of aromatic amines is 1. The van der Waals surface area contributed by atoms with Crippen LogP contribution in [0.3, 0.4) is 0 Å². The number of nitrogens with zero attached hydrogens (tertiary/aromatic N) is 2. The van der Waals surface area contributed by atoms with Gasteiger partial charge in [-0.15, -0.1) is 0 Å². The number of halogens is 1. The lowest BCUT2D eigenvalue weighted by Crippen LogP contribution is -2.51. The van der Waals surface area contributed by atoms with Gasteiger partial charge in [-0.05, 0) is 36.6 Å². The Morgan fingerprint density at radius 1 is 1.17 bits per heavy atom. The summed E-state index contributed by atoms with van der Waals surface area (Å²) in [6.07, 6.45) is 2.88. The summed E-state index contributed by atoms with van der Waals surface area (Å²) in [6, 6.07) is 13.7. The number of piperidine rings is 1. The molecule has 5 rings (SSSR count). The van der Waals surface area contributed by atoms with Crippen LogP contribution in [0.15, 0.2) is 54.7 Å². The highest BCUT2D eigenvalue weighted by Gasteiger charge is 2.50. The first-order chi connectivity index (χ1) is 14.1. The zero-order valence-electron chi connectivity index (χ0n) is 15.6. The molecule has 7 heteroatoms. The predicted octanol–water partition coefficient (Wildman–Crippen LogP) is 3.34. The van der Waals surface area contributed by atoms with Gasteiger partial charge in [0.2, 0.25) is 5.91 Å². The lowest BCUT2D eigenvalue weighted by atomic mass is 9.75. The number of nitrogens with one attached hydrogen (secondary N) is 2. The number of hydrogen-bond acceptors (Lipinski definition) is 3. The number of carbonyl (C=O) groups excluding carboxylic acids is 2. The Labute approximate surface area is 166 Å². The van der Waals surface area contributed by atoms with E-state index in [1.54, 1.807) is 17.0 Å². The highest BCUT2D eigenvalue weighted by atomic mass is 19.1. The van der Waals surface area contributed by atoms with Crippen LogP contribution >= 0.6 is 0 Å². The number of rotatable bonds is 2. The molecule has 2 aromatic carbocycles. The number of H-pyrrole nitrogens is 1. The molecule has 2 N–H and O–H groups in total. The third kappa shape index (κ3) is 2.73. The van der Waals surface area contributed by atoms with E-state index in [9.17, 15) is 14.0 Å². The van der Waals surface area contributed by atoms with Gasteiger partial charge in [-0.1, -0.05) is 30.3 Å². The smallest absolute Gasteiger partial charge is 0.257 e. The average Bonchev–Trinajstić information content (AvgIpc) is 3.32. The maximum atomic E-state index is 13.7. The monoisotopic (exact) mass is 390 g/mol. The van der Waals surface area contributed by atoms with Crippen molar-refractivity contribution in [3.05, 3.63) is 71.7 Å². The van der Waals surface area contributed by atoms with Gasteiger partial charge < -0.3 is 10.2 Å². The number of para-hydroxylation sites is 1. The second kappa shape index (κ2) is 6.55. The normalized spacial score (nSPS) is 20.6. The van der Waals surface area contributed by atoms with Crippen LogP contribution in [0.4, 0.5) is 10.1 Å². The molecule has 0 bridgehead atoms. The van der Waals surface area contributed by atoms with E-state index in [4.69, 9.17) is 0 Å². The van der Waals surface area contributed by atoms with Crippen molar-refractivity contribution in [2.45, 2.75) is 18.3 Å². The van der Waals surface area contributed by atoms with Crippen LogP contribution in [0.5, 0.6) is 0 Å². The van der Waals surface area contributed by atoms with Crippen LogP contribution in [0.1, 0.15) is 28.8 Å². The summed E-state index contributed by atoms with van der Waals surface area (Å²) in [5, 5.41) is 9.78. The van der Waals surface area contributed by atoms with Crippen LogP contribution in [0, 0.1) is 5.82 Å². The van der Waals surface area contributed by atoms with E-state index >= 15 is 0 Å². The van der Waals surface area contributed by atoms with E-state index in [1.165, 1.54) is 18.3 Å². The Morgan fingerprint density at radius 2 is 2.03 bits per heavy atom. The van der Waals surface area contributed by atoms with E-state index in [0.29, 0.717) is 36.3 Å². The van der Waals surface area contributed by atoms with E-state index in [-0.39, 0.29) is 17.6 Å². The number of carbonyl (C=O) groups is 2. The van der Waals surface area contributed by atoms with Crippen LogP contribution in [0.25, 0.3) is 11.3 Å². The fourth-order valence-electron chi connectivity index (χ4n) is 4.49. The van der Waals surface area contributed by atoms with Gasteiger partial charge in [-0.3, -0.25) is 14.7 Å². The first kappa shape index (κ1) is 17.6. The minimum atomic E-state index is -0.729. The van der Waals surface area contributed by atoms with Crippen LogP contribution in [0.2, 0.25) is 0 Å². The molecule has 29 heavy (non-hydrogen) atoms. The minimum absolute atomic E-state index is 0.0613. The summed E-state index contributed by atoms with van der Waals surface area (Å²) in [6.45, 7) is 0.867. The third-order valence-corrected chi connectivity index (χ3v) is 5.89. The molecule has 3 aromatic rings. The van der Waals surface area contributed by atoms with Crippen molar-refractivity contribution >= 4 is 17.5 Å². The Hall–Kier alpha value is -3.48. The van der Waals surface area contributed by atoms with Gasteiger partial charge in [-0.25, -0.2) is 4.39 Å². The summed E-state index contributed by atoms with van der Waals surface area (Å²) in [4.78, 5) is 27.9. The molecule has 0 saturated carbocycles. The Morgan fingerprint density at radius 3 is 2.90 bits per heavy atom. The van der Waals surface area contributed by atoms with E-state index in [1.807, 2.05) is 24.3 Å². The molecule has 2 aliphatic rings.